The van der Waals surface area contributed by atoms with E-state index in [4.69, 9.17) is 5.11 Å². The summed E-state index contributed by atoms with van der Waals surface area (Å²) in [5.74, 6) is -1.36. The molecule has 0 saturated heterocycles. The van der Waals surface area contributed by atoms with E-state index in [2.05, 4.69) is 5.32 Å². The van der Waals surface area contributed by atoms with Crippen molar-refractivity contribution >= 4 is 17.8 Å². The zero-order valence-electron chi connectivity index (χ0n) is 10.8. The van der Waals surface area contributed by atoms with Gasteiger partial charge in [-0.3, -0.25) is 9.59 Å². The van der Waals surface area contributed by atoms with E-state index in [0.29, 0.717) is 0 Å². The smallest absolute Gasteiger partial charge is 0.326 e. The van der Waals surface area contributed by atoms with E-state index >= 15 is 0 Å². The van der Waals surface area contributed by atoms with Crippen LogP contribution in [0, 0.1) is 5.92 Å². The van der Waals surface area contributed by atoms with Crippen LogP contribution in [0.4, 0.5) is 0 Å². The minimum atomic E-state index is -1.02. The molecule has 0 spiro atoms. The first-order valence-electron chi connectivity index (χ1n) is 6.21. The largest absolute Gasteiger partial charge is 0.480 e. The van der Waals surface area contributed by atoms with E-state index in [-0.39, 0.29) is 30.8 Å². The summed E-state index contributed by atoms with van der Waals surface area (Å²) in [7, 11) is 0. The van der Waals surface area contributed by atoms with Gasteiger partial charge in [0.2, 0.25) is 11.8 Å². The maximum atomic E-state index is 12.1. The van der Waals surface area contributed by atoms with E-state index in [1.165, 1.54) is 18.7 Å². The lowest BCUT2D eigenvalue weighted by molar-refractivity contribution is -0.152. The number of nitrogens with one attached hydrogen (secondary N) is 1. The second-order valence-electron chi connectivity index (χ2n) is 4.66. The number of hydrogen-bond donors (Lipinski definition) is 2. The fraction of sp³-hybridized carbons (Fsp3) is 0.750. The summed E-state index contributed by atoms with van der Waals surface area (Å²) in [5.41, 5.74) is 0. The van der Waals surface area contributed by atoms with E-state index in [0.717, 1.165) is 19.3 Å². The SMILES string of the molecule is CC(=O)NCCN(C(=O)C1CCC1)C(C)C(=O)O. The number of nitrogens with zero attached hydrogens (tertiary/aromatic N) is 1. The maximum Gasteiger partial charge on any atom is 0.326 e. The lowest BCUT2D eigenvalue weighted by Crippen LogP contribution is -2.50. The highest BCUT2D eigenvalue weighted by atomic mass is 16.4. The van der Waals surface area contributed by atoms with Gasteiger partial charge in [0.1, 0.15) is 6.04 Å². The van der Waals surface area contributed by atoms with Crippen LogP contribution in [0.15, 0.2) is 0 Å². The Balaban J connectivity index is 2.58. The van der Waals surface area contributed by atoms with Gasteiger partial charge in [-0.15, -0.1) is 0 Å². The Hall–Kier alpha value is -1.59. The molecule has 0 aromatic rings. The third-order valence-electron chi connectivity index (χ3n) is 3.29. The maximum absolute atomic E-state index is 12.1. The number of aliphatic carboxylic acids is 1. The Morgan fingerprint density at radius 1 is 1.39 bits per heavy atom. The first-order valence-corrected chi connectivity index (χ1v) is 6.21. The molecule has 1 saturated carbocycles. The van der Waals surface area contributed by atoms with Crippen LogP contribution in [-0.2, 0) is 14.4 Å². The third-order valence-corrected chi connectivity index (χ3v) is 3.29. The zero-order valence-corrected chi connectivity index (χ0v) is 10.8. The van der Waals surface area contributed by atoms with Crippen molar-refractivity contribution in [2.24, 2.45) is 5.92 Å². The van der Waals surface area contributed by atoms with Crippen molar-refractivity contribution in [1.82, 2.24) is 10.2 Å². The molecule has 1 aliphatic carbocycles. The van der Waals surface area contributed by atoms with Gasteiger partial charge in [-0.05, 0) is 19.8 Å². The van der Waals surface area contributed by atoms with Crippen molar-refractivity contribution < 1.29 is 19.5 Å². The van der Waals surface area contributed by atoms with Crippen LogP contribution in [0.5, 0.6) is 0 Å². The van der Waals surface area contributed by atoms with E-state index in [1.807, 2.05) is 0 Å². The molecule has 0 heterocycles. The van der Waals surface area contributed by atoms with Crippen LogP contribution in [-0.4, -0.2) is 46.9 Å². The first-order chi connectivity index (χ1) is 8.43. The van der Waals surface area contributed by atoms with Crippen LogP contribution in [0.25, 0.3) is 0 Å². The second-order valence-corrected chi connectivity index (χ2v) is 4.66. The summed E-state index contributed by atoms with van der Waals surface area (Å²) in [6, 6.07) is -0.855. The Kier molecular flexibility index (Phi) is 5.12. The van der Waals surface area contributed by atoms with Gasteiger partial charge in [0, 0.05) is 25.9 Å². The molecule has 0 aromatic heterocycles. The summed E-state index contributed by atoms with van der Waals surface area (Å²) in [6.07, 6.45) is 2.70. The van der Waals surface area contributed by atoms with Crippen LogP contribution in [0.1, 0.15) is 33.1 Å². The summed E-state index contributed by atoms with van der Waals surface area (Å²) in [4.78, 5) is 35.2. The lowest BCUT2D eigenvalue weighted by Gasteiger charge is -2.33. The molecule has 1 rings (SSSR count). The van der Waals surface area contributed by atoms with E-state index in [9.17, 15) is 14.4 Å². The summed E-state index contributed by atoms with van der Waals surface area (Å²) >= 11 is 0. The van der Waals surface area contributed by atoms with Crippen LogP contribution < -0.4 is 5.32 Å². The van der Waals surface area contributed by atoms with Gasteiger partial charge in [-0.25, -0.2) is 4.79 Å². The molecule has 6 nitrogen and oxygen atoms in total. The van der Waals surface area contributed by atoms with Gasteiger partial charge in [0.25, 0.3) is 0 Å². The third kappa shape index (κ3) is 3.72. The minimum absolute atomic E-state index is 0.0378. The van der Waals surface area contributed by atoms with E-state index < -0.39 is 12.0 Å². The molecule has 1 aliphatic rings. The molecule has 18 heavy (non-hydrogen) atoms. The van der Waals surface area contributed by atoms with Gasteiger partial charge in [-0.2, -0.15) is 0 Å². The molecule has 2 N–H and O–H groups in total. The fourth-order valence-electron chi connectivity index (χ4n) is 1.87. The molecule has 0 radical (unpaired) electrons. The number of amides is 2. The van der Waals surface area contributed by atoms with Crippen molar-refractivity contribution in [2.75, 3.05) is 13.1 Å². The van der Waals surface area contributed by atoms with Crippen LogP contribution in [0.3, 0.4) is 0 Å². The molecule has 0 aromatic carbocycles. The van der Waals surface area contributed by atoms with Crippen molar-refractivity contribution in [2.45, 2.75) is 39.2 Å². The highest BCUT2D eigenvalue weighted by Crippen LogP contribution is 2.28. The number of carboxylic acids is 1. The number of hydrogen-bond acceptors (Lipinski definition) is 3. The molecule has 1 unspecified atom stereocenters. The van der Waals surface area contributed by atoms with Crippen LogP contribution >= 0.6 is 0 Å². The number of rotatable bonds is 6. The number of carboxylic acid groups (broad SMARTS) is 1. The molecule has 102 valence electrons. The van der Waals surface area contributed by atoms with Crippen molar-refractivity contribution in [3.8, 4) is 0 Å². The summed E-state index contributed by atoms with van der Waals surface area (Å²) in [6.45, 7) is 3.40. The topological polar surface area (TPSA) is 86.7 Å². The monoisotopic (exact) mass is 256 g/mol. The highest BCUT2D eigenvalue weighted by Gasteiger charge is 2.33. The molecule has 0 bridgehead atoms. The standard InChI is InChI=1S/C12H20N2O4/c1-8(12(17)18)14(7-6-13-9(2)15)11(16)10-4-3-5-10/h8,10H,3-7H2,1-2H3,(H,13,15)(H,17,18). The Bertz CT molecular complexity index is 339. The van der Waals surface area contributed by atoms with Gasteiger partial charge < -0.3 is 15.3 Å². The Morgan fingerprint density at radius 3 is 2.39 bits per heavy atom. The van der Waals surface area contributed by atoms with Crippen LogP contribution in [0.2, 0.25) is 0 Å². The Labute approximate surface area is 106 Å². The average Bonchev–Trinajstić information content (AvgIpc) is 2.20. The van der Waals surface area contributed by atoms with Gasteiger partial charge in [0.15, 0.2) is 0 Å². The number of carbonyl (C=O) groups is 3. The zero-order chi connectivity index (χ0) is 13.7. The molecular weight excluding hydrogens is 236 g/mol. The predicted octanol–water partition coefficient (Wildman–Crippen LogP) is 0.224. The number of carbonyl (C=O) groups excluding carboxylic acids is 2. The van der Waals surface area contributed by atoms with Gasteiger partial charge in [-0.1, -0.05) is 6.42 Å². The van der Waals surface area contributed by atoms with Crippen molar-refractivity contribution in [3.63, 3.8) is 0 Å². The first kappa shape index (κ1) is 14.5. The second kappa shape index (κ2) is 6.37. The summed E-state index contributed by atoms with van der Waals surface area (Å²) in [5, 5.41) is 11.6. The molecule has 2 amide bonds. The van der Waals surface area contributed by atoms with Crippen molar-refractivity contribution in [1.29, 1.82) is 0 Å². The minimum Gasteiger partial charge on any atom is -0.480 e. The summed E-state index contributed by atoms with van der Waals surface area (Å²) < 4.78 is 0. The predicted molar refractivity (Wildman–Crippen MR) is 64.8 cm³/mol. The highest BCUT2D eigenvalue weighted by molar-refractivity contribution is 5.85. The molecule has 1 fully saturated rings. The van der Waals surface area contributed by atoms with Gasteiger partial charge in [0.05, 0.1) is 0 Å². The molecular formula is C12H20N2O4. The normalized spacial score (nSPS) is 16.6. The average molecular weight is 256 g/mol. The molecule has 1 atom stereocenters. The van der Waals surface area contributed by atoms with Gasteiger partial charge >= 0.3 is 5.97 Å². The van der Waals surface area contributed by atoms with E-state index in [1.54, 1.807) is 0 Å². The quantitative estimate of drug-likeness (QED) is 0.712. The lowest BCUT2D eigenvalue weighted by atomic mass is 9.84. The molecule has 0 aliphatic heterocycles. The van der Waals surface area contributed by atoms with Crippen molar-refractivity contribution in [3.05, 3.63) is 0 Å². The Morgan fingerprint density at radius 2 is 2.00 bits per heavy atom. The fourth-order valence-corrected chi connectivity index (χ4v) is 1.87. The molecule has 6 heteroatoms.